The normalized spacial score (nSPS) is 20.7. The van der Waals surface area contributed by atoms with Crippen LogP contribution in [0.4, 0.5) is 0 Å². The molecule has 3 aromatic rings. The first-order valence-corrected chi connectivity index (χ1v) is 10.8. The highest BCUT2D eigenvalue weighted by molar-refractivity contribution is 9.10. The summed E-state index contributed by atoms with van der Waals surface area (Å²) in [5.41, 5.74) is 3.05. The Bertz CT molecular complexity index is 1050. The number of ether oxygens (including phenoxy) is 1. The van der Waals surface area contributed by atoms with Crippen molar-refractivity contribution in [2.24, 2.45) is 5.10 Å². The summed E-state index contributed by atoms with van der Waals surface area (Å²) in [7, 11) is 0. The Morgan fingerprint density at radius 1 is 1.11 bits per heavy atom. The van der Waals surface area contributed by atoms with Crippen LogP contribution in [0.15, 0.2) is 63.5 Å². The molecule has 0 aliphatic carbocycles. The van der Waals surface area contributed by atoms with Gasteiger partial charge in [-0.1, -0.05) is 51.3 Å². The topological polar surface area (TPSA) is 24.8 Å². The highest BCUT2D eigenvalue weighted by atomic mass is 79.9. The van der Waals surface area contributed by atoms with E-state index in [1.807, 2.05) is 29.3 Å². The van der Waals surface area contributed by atoms with E-state index in [1.165, 1.54) is 4.88 Å². The van der Waals surface area contributed by atoms with E-state index in [1.54, 1.807) is 17.4 Å². The molecule has 0 saturated heterocycles. The predicted molar refractivity (Wildman–Crippen MR) is 114 cm³/mol. The molecule has 0 bridgehead atoms. The Kier molecular flexibility index (Phi) is 4.43. The molecule has 2 aromatic carbocycles. The average molecular weight is 480 g/mol. The largest absolute Gasteiger partial charge is 0.464 e. The maximum Gasteiger partial charge on any atom is 0.215 e. The molecule has 5 rings (SSSR count). The second-order valence-electron chi connectivity index (χ2n) is 6.44. The Hall–Kier alpha value is -1.53. The first-order valence-electron chi connectivity index (χ1n) is 8.41. The van der Waals surface area contributed by atoms with Gasteiger partial charge in [0.05, 0.1) is 21.7 Å². The van der Waals surface area contributed by atoms with Gasteiger partial charge in [0.2, 0.25) is 6.23 Å². The fourth-order valence-corrected chi connectivity index (χ4v) is 5.16. The van der Waals surface area contributed by atoms with E-state index in [0.717, 1.165) is 33.5 Å². The van der Waals surface area contributed by atoms with E-state index in [0.29, 0.717) is 10.0 Å². The number of halogens is 3. The molecule has 2 unspecified atom stereocenters. The van der Waals surface area contributed by atoms with Crippen molar-refractivity contribution < 1.29 is 4.74 Å². The minimum atomic E-state index is -0.397. The minimum Gasteiger partial charge on any atom is -0.464 e. The fraction of sp³-hybridized carbons (Fsp3) is 0.150. The third-order valence-electron chi connectivity index (χ3n) is 4.79. The standard InChI is InChI=1S/C20H13BrCl2N2OS/c21-11-3-6-18-14(8-11)17-10-16(19-2-1-7-27-19)24-25(17)20(26-18)13-5-4-12(22)9-15(13)23/h1-9,17,20H,10H2. The number of hydrazone groups is 1. The monoisotopic (exact) mass is 478 g/mol. The first kappa shape index (κ1) is 17.6. The lowest BCUT2D eigenvalue weighted by molar-refractivity contribution is -0.0190. The van der Waals surface area contributed by atoms with Crippen LogP contribution >= 0.6 is 50.5 Å². The smallest absolute Gasteiger partial charge is 0.215 e. The van der Waals surface area contributed by atoms with Crippen LogP contribution in [-0.4, -0.2) is 10.7 Å². The second-order valence-corrected chi connectivity index (χ2v) is 9.15. The fourth-order valence-electron chi connectivity index (χ4n) is 3.56. The average Bonchev–Trinajstić information content (AvgIpc) is 3.31. The van der Waals surface area contributed by atoms with Crippen molar-refractivity contribution in [2.75, 3.05) is 0 Å². The van der Waals surface area contributed by atoms with Gasteiger partial charge >= 0.3 is 0 Å². The predicted octanol–water partition coefficient (Wildman–Crippen LogP) is 7.06. The molecule has 3 nitrogen and oxygen atoms in total. The third kappa shape index (κ3) is 3.07. The molecular weight excluding hydrogens is 467 g/mol. The van der Waals surface area contributed by atoms with E-state index < -0.39 is 6.23 Å². The Morgan fingerprint density at radius 2 is 2.00 bits per heavy atom. The summed E-state index contributed by atoms with van der Waals surface area (Å²) >= 11 is 17.9. The van der Waals surface area contributed by atoms with E-state index in [9.17, 15) is 0 Å². The van der Waals surface area contributed by atoms with Gasteiger partial charge in [-0.15, -0.1) is 11.3 Å². The molecule has 0 radical (unpaired) electrons. The minimum absolute atomic E-state index is 0.0973. The highest BCUT2D eigenvalue weighted by Crippen LogP contribution is 2.49. The van der Waals surface area contributed by atoms with Gasteiger partial charge in [0, 0.05) is 27.0 Å². The van der Waals surface area contributed by atoms with Crippen LogP contribution in [0.25, 0.3) is 0 Å². The maximum absolute atomic E-state index is 6.50. The molecule has 0 amide bonds. The quantitative estimate of drug-likeness (QED) is 0.393. The van der Waals surface area contributed by atoms with Gasteiger partial charge < -0.3 is 4.74 Å². The number of hydrogen-bond acceptors (Lipinski definition) is 4. The van der Waals surface area contributed by atoms with Crippen molar-refractivity contribution in [1.29, 1.82) is 0 Å². The van der Waals surface area contributed by atoms with Gasteiger partial charge in [-0.3, -0.25) is 0 Å². The molecule has 136 valence electrons. The number of fused-ring (bicyclic) bond motifs is 3. The zero-order valence-corrected chi connectivity index (χ0v) is 17.8. The van der Waals surface area contributed by atoms with Crippen LogP contribution in [0.1, 0.15) is 34.7 Å². The molecule has 2 aliphatic heterocycles. The molecule has 2 aliphatic rings. The van der Waals surface area contributed by atoms with E-state index >= 15 is 0 Å². The van der Waals surface area contributed by atoms with Crippen LogP contribution < -0.4 is 4.74 Å². The molecule has 3 heterocycles. The van der Waals surface area contributed by atoms with Crippen molar-refractivity contribution in [2.45, 2.75) is 18.7 Å². The second kappa shape index (κ2) is 6.82. The summed E-state index contributed by atoms with van der Waals surface area (Å²) in [4.78, 5) is 1.18. The molecule has 0 N–H and O–H groups in total. The zero-order chi connectivity index (χ0) is 18.5. The van der Waals surface area contributed by atoms with Crippen molar-refractivity contribution >= 4 is 56.2 Å². The third-order valence-corrected chi connectivity index (χ3v) is 6.76. The van der Waals surface area contributed by atoms with Gasteiger partial charge in [0.1, 0.15) is 5.75 Å². The van der Waals surface area contributed by atoms with Crippen molar-refractivity contribution in [3.8, 4) is 5.75 Å². The van der Waals surface area contributed by atoms with Crippen LogP contribution in [0, 0.1) is 0 Å². The van der Waals surface area contributed by atoms with Gasteiger partial charge in [-0.05, 0) is 41.8 Å². The molecule has 0 fully saturated rings. The first-order chi connectivity index (χ1) is 13.1. The molecule has 2 atom stereocenters. The summed E-state index contributed by atoms with van der Waals surface area (Å²) in [6.45, 7) is 0. The van der Waals surface area contributed by atoms with E-state index in [-0.39, 0.29) is 6.04 Å². The Balaban J connectivity index is 1.64. The Morgan fingerprint density at radius 3 is 2.78 bits per heavy atom. The molecule has 1 aromatic heterocycles. The number of benzene rings is 2. The molecule has 0 spiro atoms. The zero-order valence-electron chi connectivity index (χ0n) is 13.9. The van der Waals surface area contributed by atoms with Crippen molar-refractivity contribution in [3.63, 3.8) is 0 Å². The van der Waals surface area contributed by atoms with Gasteiger partial charge in [-0.2, -0.15) is 5.10 Å². The summed E-state index contributed by atoms with van der Waals surface area (Å²) in [5.74, 6) is 0.859. The summed E-state index contributed by atoms with van der Waals surface area (Å²) in [6.07, 6.45) is 0.431. The van der Waals surface area contributed by atoms with Gasteiger partial charge in [0.15, 0.2) is 0 Å². The van der Waals surface area contributed by atoms with Gasteiger partial charge in [-0.25, -0.2) is 5.01 Å². The lowest BCUT2D eigenvalue weighted by atomic mass is 9.97. The van der Waals surface area contributed by atoms with Crippen LogP contribution in [-0.2, 0) is 0 Å². The number of thiophene rings is 1. The molecule has 0 saturated carbocycles. The highest BCUT2D eigenvalue weighted by Gasteiger charge is 2.41. The summed E-state index contributed by atoms with van der Waals surface area (Å²) in [6, 6.07) is 15.8. The maximum atomic E-state index is 6.50. The Labute approximate surface area is 179 Å². The van der Waals surface area contributed by atoms with E-state index in [2.05, 4.69) is 39.5 Å². The SMILES string of the molecule is Clc1ccc(C2Oc3ccc(Br)cc3C3CC(c4cccs4)=NN32)c(Cl)c1. The number of nitrogens with zero attached hydrogens (tertiary/aromatic N) is 2. The van der Waals surface area contributed by atoms with E-state index in [4.69, 9.17) is 33.0 Å². The van der Waals surface area contributed by atoms with Crippen LogP contribution in [0.5, 0.6) is 5.75 Å². The lowest BCUT2D eigenvalue weighted by Crippen LogP contribution is -2.33. The summed E-state index contributed by atoms with van der Waals surface area (Å²) in [5, 5.41) is 10.2. The molecule has 7 heteroatoms. The van der Waals surface area contributed by atoms with Crippen molar-refractivity contribution in [1.82, 2.24) is 5.01 Å². The lowest BCUT2D eigenvalue weighted by Gasteiger charge is -2.38. The van der Waals surface area contributed by atoms with Crippen LogP contribution in [0.3, 0.4) is 0 Å². The molecular formula is C20H13BrCl2N2OS. The van der Waals surface area contributed by atoms with Crippen molar-refractivity contribution in [3.05, 3.63) is 84.4 Å². The molecule has 27 heavy (non-hydrogen) atoms. The number of hydrogen-bond donors (Lipinski definition) is 0. The van der Waals surface area contributed by atoms with Crippen LogP contribution in [0.2, 0.25) is 10.0 Å². The summed E-state index contributed by atoms with van der Waals surface area (Å²) < 4.78 is 7.37. The number of rotatable bonds is 2. The van der Waals surface area contributed by atoms with Gasteiger partial charge in [0.25, 0.3) is 0 Å².